The van der Waals surface area contributed by atoms with E-state index in [2.05, 4.69) is 29.4 Å². The number of benzene rings is 2. The summed E-state index contributed by atoms with van der Waals surface area (Å²) in [6.07, 6.45) is 1.93. The number of nitrogens with one attached hydrogen (secondary N) is 1. The lowest BCUT2D eigenvalue weighted by Crippen LogP contribution is -2.40. The molecule has 0 fully saturated rings. The Morgan fingerprint density at radius 1 is 1.13 bits per heavy atom. The van der Waals surface area contributed by atoms with E-state index >= 15 is 0 Å². The highest BCUT2D eigenvalue weighted by molar-refractivity contribution is 6.07. The Kier molecular flexibility index (Phi) is 5.57. The molecule has 0 saturated heterocycles. The monoisotopic (exact) mass is 405 g/mol. The van der Waals surface area contributed by atoms with E-state index in [1.54, 1.807) is 0 Å². The maximum atomic E-state index is 12.2. The first-order chi connectivity index (χ1) is 14.5. The van der Waals surface area contributed by atoms with E-state index in [-0.39, 0.29) is 23.8 Å². The Bertz CT molecular complexity index is 1080. The molecule has 2 heterocycles. The summed E-state index contributed by atoms with van der Waals surface area (Å²) in [6, 6.07) is 13.6. The molecule has 156 valence electrons. The number of aromatic nitrogens is 1. The van der Waals surface area contributed by atoms with E-state index in [4.69, 9.17) is 9.15 Å². The topological polar surface area (TPSA) is 76.7 Å². The first kappa shape index (κ1) is 20.1. The van der Waals surface area contributed by atoms with E-state index < -0.39 is 0 Å². The van der Waals surface area contributed by atoms with E-state index in [0.717, 1.165) is 40.9 Å². The van der Waals surface area contributed by atoms with Crippen molar-refractivity contribution in [2.45, 2.75) is 46.6 Å². The summed E-state index contributed by atoms with van der Waals surface area (Å²) in [6.45, 7) is 8.16. The van der Waals surface area contributed by atoms with Gasteiger partial charge >= 0.3 is 0 Å². The highest BCUT2D eigenvalue weighted by Crippen LogP contribution is 2.30. The molecule has 1 aliphatic rings. The van der Waals surface area contributed by atoms with Crippen molar-refractivity contribution in [3.05, 3.63) is 48.0 Å². The fourth-order valence-electron chi connectivity index (χ4n) is 3.89. The SMILES string of the molecule is CCCC1C(=O)NN=C(c2ccc3nc(-c4ccc(OC(C)C)cc4)oc3c2)[C@@H]1C. The molecule has 0 aliphatic carbocycles. The average molecular weight is 405 g/mol. The largest absolute Gasteiger partial charge is 0.491 e. The predicted octanol–water partition coefficient (Wildman–Crippen LogP) is 5.17. The van der Waals surface area contributed by atoms with Crippen molar-refractivity contribution in [1.29, 1.82) is 0 Å². The number of nitrogens with zero attached hydrogens (tertiary/aromatic N) is 2. The molecule has 2 aromatic carbocycles. The number of hydrogen-bond donors (Lipinski definition) is 1. The second-order valence-electron chi connectivity index (χ2n) is 8.05. The van der Waals surface area contributed by atoms with Crippen LogP contribution in [0.4, 0.5) is 0 Å². The van der Waals surface area contributed by atoms with Gasteiger partial charge in [-0.05, 0) is 56.7 Å². The van der Waals surface area contributed by atoms with Crippen molar-refractivity contribution < 1.29 is 13.9 Å². The summed E-state index contributed by atoms with van der Waals surface area (Å²) in [7, 11) is 0. The zero-order valence-corrected chi connectivity index (χ0v) is 17.8. The molecule has 1 amide bonds. The molecule has 0 saturated carbocycles. The summed E-state index contributed by atoms with van der Waals surface area (Å²) in [5, 5.41) is 4.34. The van der Waals surface area contributed by atoms with E-state index in [1.807, 2.05) is 56.3 Å². The number of hydrogen-bond acceptors (Lipinski definition) is 5. The third-order valence-corrected chi connectivity index (χ3v) is 5.42. The highest BCUT2D eigenvalue weighted by atomic mass is 16.5. The molecule has 1 aromatic heterocycles. The van der Waals surface area contributed by atoms with Crippen LogP contribution in [0.3, 0.4) is 0 Å². The van der Waals surface area contributed by atoms with Crippen LogP contribution in [-0.4, -0.2) is 22.7 Å². The summed E-state index contributed by atoms with van der Waals surface area (Å²) in [5.41, 5.74) is 6.88. The summed E-state index contributed by atoms with van der Waals surface area (Å²) >= 11 is 0. The lowest BCUT2D eigenvalue weighted by atomic mass is 9.82. The van der Waals surface area contributed by atoms with Crippen LogP contribution in [0.2, 0.25) is 0 Å². The molecule has 4 rings (SSSR count). The van der Waals surface area contributed by atoms with E-state index in [1.165, 1.54) is 0 Å². The lowest BCUT2D eigenvalue weighted by Gasteiger charge is -2.27. The fourth-order valence-corrected chi connectivity index (χ4v) is 3.89. The van der Waals surface area contributed by atoms with Gasteiger partial charge in [0, 0.05) is 23.0 Å². The van der Waals surface area contributed by atoms with Gasteiger partial charge in [0.25, 0.3) is 0 Å². The van der Waals surface area contributed by atoms with Crippen LogP contribution < -0.4 is 10.2 Å². The molecule has 6 heteroatoms. The number of ether oxygens (including phenoxy) is 1. The van der Waals surface area contributed by atoms with Crippen molar-refractivity contribution in [3.8, 4) is 17.2 Å². The Hall–Kier alpha value is -3.15. The van der Waals surface area contributed by atoms with Crippen molar-refractivity contribution in [1.82, 2.24) is 10.4 Å². The third kappa shape index (κ3) is 3.95. The van der Waals surface area contributed by atoms with Crippen LogP contribution in [0.1, 0.15) is 46.1 Å². The number of oxazole rings is 1. The second kappa shape index (κ2) is 8.30. The van der Waals surface area contributed by atoms with Gasteiger partial charge in [-0.25, -0.2) is 10.4 Å². The minimum absolute atomic E-state index is 0.000947. The number of carbonyl (C=O) groups is 1. The van der Waals surface area contributed by atoms with Crippen molar-refractivity contribution in [2.24, 2.45) is 16.9 Å². The molecule has 1 aliphatic heterocycles. The zero-order valence-electron chi connectivity index (χ0n) is 17.8. The molecular weight excluding hydrogens is 378 g/mol. The van der Waals surface area contributed by atoms with Crippen molar-refractivity contribution >= 4 is 22.7 Å². The molecular formula is C24H27N3O3. The van der Waals surface area contributed by atoms with Crippen molar-refractivity contribution in [2.75, 3.05) is 0 Å². The molecule has 6 nitrogen and oxygen atoms in total. The molecule has 1 N–H and O–H groups in total. The first-order valence-corrected chi connectivity index (χ1v) is 10.5. The van der Waals surface area contributed by atoms with Gasteiger partial charge in [-0.3, -0.25) is 4.79 Å². The quantitative estimate of drug-likeness (QED) is 0.614. The van der Waals surface area contributed by atoms with Gasteiger partial charge in [-0.2, -0.15) is 5.10 Å². The van der Waals surface area contributed by atoms with Crippen molar-refractivity contribution in [3.63, 3.8) is 0 Å². The molecule has 30 heavy (non-hydrogen) atoms. The molecule has 0 radical (unpaired) electrons. The van der Waals surface area contributed by atoms with Gasteiger partial charge in [-0.1, -0.05) is 26.3 Å². The van der Waals surface area contributed by atoms with Crippen LogP contribution in [0.25, 0.3) is 22.6 Å². The minimum Gasteiger partial charge on any atom is -0.491 e. The number of amides is 1. The molecule has 3 aromatic rings. The second-order valence-corrected chi connectivity index (χ2v) is 8.05. The van der Waals surface area contributed by atoms with E-state index in [9.17, 15) is 4.79 Å². The molecule has 0 bridgehead atoms. The van der Waals surface area contributed by atoms with Gasteiger partial charge in [-0.15, -0.1) is 0 Å². The zero-order chi connectivity index (χ0) is 21.3. The fraction of sp³-hybridized carbons (Fsp3) is 0.375. The number of carbonyl (C=O) groups excluding carboxylic acids is 1. The van der Waals surface area contributed by atoms with E-state index in [0.29, 0.717) is 11.5 Å². The number of fused-ring (bicyclic) bond motifs is 1. The number of hydrazone groups is 1. The molecule has 1 unspecified atom stereocenters. The number of rotatable bonds is 6. The van der Waals surface area contributed by atoms with Crippen LogP contribution in [0, 0.1) is 11.8 Å². The van der Waals surface area contributed by atoms with Crippen LogP contribution >= 0.6 is 0 Å². The molecule has 0 spiro atoms. The Balaban J connectivity index is 1.62. The first-order valence-electron chi connectivity index (χ1n) is 10.5. The van der Waals surface area contributed by atoms with Gasteiger partial charge < -0.3 is 9.15 Å². The molecule has 2 atom stereocenters. The van der Waals surface area contributed by atoms with Crippen LogP contribution in [-0.2, 0) is 4.79 Å². The van der Waals surface area contributed by atoms with Gasteiger partial charge in [0.15, 0.2) is 5.58 Å². The highest BCUT2D eigenvalue weighted by Gasteiger charge is 2.32. The Morgan fingerprint density at radius 2 is 1.87 bits per heavy atom. The van der Waals surface area contributed by atoms with Gasteiger partial charge in [0.05, 0.1) is 11.8 Å². The predicted molar refractivity (Wildman–Crippen MR) is 117 cm³/mol. The Labute approximate surface area is 176 Å². The standard InChI is InChI=1S/C24H27N3O3/c1-5-6-19-15(4)22(26-27-23(19)28)17-9-12-20-21(13-17)30-24(25-20)16-7-10-18(11-8-16)29-14(2)3/h7-15,19H,5-6H2,1-4H3,(H,27,28)/t15-,19?/m1/s1. The maximum absolute atomic E-state index is 12.2. The summed E-state index contributed by atoms with van der Waals surface area (Å²) in [5.74, 6) is 1.37. The Morgan fingerprint density at radius 3 is 2.57 bits per heavy atom. The van der Waals surface area contributed by atoms with Crippen LogP contribution in [0.5, 0.6) is 5.75 Å². The normalized spacial score (nSPS) is 19.1. The third-order valence-electron chi connectivity index (χ3n) is 5.42. The minimum atomic E-state index is -0.0601. The average Bonchev–Trinajstić information content (AvgIpc) is 3.14. The van der Waals surface area contributed by atoms with Gasteiger partial charge in [0.2, 0.25) is 11.8 Å². The summed E-state index contributed by atoms with van der Waals surface area (Å²) in [4.78, 5) is 16.8. The lowest BCUT2D eigenvalue weighted by molar-refractivity contribution is -0.126. The van der Waals surface area contributed by atoms with Gasteiger partial charge in [0.1, 0.15) is 11.3 Å². The maximum Gasteiger partial charge on any atom is 0.243 e. The smallest absolute Gasteiger partial charge is 0.243 e. The van der Waals surface area contributed by atoms with Crippen LogP contribution in [0.15, 0.2) is 52.0 Å². The summed E-state index contributed by atoms with van der Waals surface area (Å²) < 4.78 is 11.7.